The summed E-state index contributed by atoms with van der Waals surface area (Å²) >= 11 is 0. The zero-order valence-electron chi connectivity index (χ0n) is 15.6. The average Bonchev–Trinajstić information content (AvgIpc) is 3.36. The second kappa shape index (κ2) is 7.85. The third-order valence-electron chi connectivity index (χ3n) is 4.27. The number of carbonyl (C=O) groups excluding carboxylic acids is 2. The number of aromatic nitrogens is 1. The van der Waals surface area contributed by atoms with Crippen LogP contribution >= 0.6 is 0 Å². The summed E-state index contributed by atoms with van der Waals surface area (Å²) in [5, 5.41) is 5.91. The van der Waals surface area contributed by atoms with Gasteiger partial charge in [0.1, 0.15) is 5.60 Å². The maximum Gasteiger partial charge on any atom is 0.407 e. The lowest BCUT2D eigenvalue weighted by Crippen LogP contribution is -2.55. The third-order valence-corrected chi connectivity index (χ3v) is 4.27. The molecule has 6 nitrogen and oxygen atoms in total. The van der Waals surface area contributed by atoms with Gasteiger partial charge in [-0.3, -0.25) is 9.78 Å². The maximum atomic E-state index is 12.4. The molecule has 0 bridgehead atoms. The van der Waals surface area contributed by atoms with E-state index in [-0.39, 0.29) is 5.91 Å². The van der Waals surface area contributed by atoms with Crippen LogP contribution in [-0.2, 0) is 16.0 Å². The van der Waals surface area contributed by atoms with Crippen LogP contribution in [0.2, 0.25) is 0 Å². The summed E-state index contributed by atoms with van der Waals surface area (Å²) in [4.78, 5) is 28.3. The van der Waals surface area contributed by atoms with Crippen molar-refractivity contribution in [1.82, 2.24) is 15.6 Å². The Morgan fingerprint density at radius 3 is 2.56 bits per heavy atom. The van der Waals surface area contributed by atoms with Crippen molar-refractivity contribution >= 4 is 12.0 Å². The SMILES string of the molecule is CC(C)(C)OC(=O)NC[C@](C)(NC(=O)CCc1cccnc1)C1CC1. The summed E-state index contributed by atoms with van der Waals surface area (Å²) in [6.45, 7) is 7.84. The molecule has 1 heterocycles. The van der Waals surface area contributed by atoms with Gasteiger partial charge in [-0.15, -0.1) is 0 Å². The molecular weight excluding hydrogens is 318 g/mol. The summed E-state index contributed by atoms with van der Waals surface area (Å²) in [6.07, 6.45) is 6.22. The highest BCUT2D eigenvalue weighted by molar-refractivity contribution is 5.77. The normalized spacial score (nSPS) is 16.6. The lowest BCUT2D eigenvalue weighted by Gasteiger charge is -2.32. The van der Waals surface area contributed by atoms with Crippen LogP contribution in [0.25, 0.3) is 0 Å². The van der Waals surface area contributed by atoms with Gasteiger partial charge >= 0.3 is 6.09 Å². The smallest absolute Gasteiger partial charge is 0.407 e. The van der Waals surface area contributed by atoms with Gasteiger partial charge in [-0.2, -0.15) is 0 Å². The van der Waals surface area contributed by atoms with E-state index in [4.69, 9.17) is 4.74 Å². The van der Waals surface area contributed by atoms with Crippen molar-refractivity contribution in [3.63, 3.8) is 0 Å². The first-order valence-electron chi connectivity index (χ1n) is 8.85. The van der Waals surface area contributed by atoms with Crippen LogP contribution in [0.1, 0.15) is 52.5 Å². The van der Waals surface area contributed by atoms with Crippen LogP contribution in [0.4, 0.5) is 4.79 Å². The molecule has 0 unspecified atom stereocenters. The molecule has 1 aromatic heterocycles. The Balaban J connectivity index is 1.84. The zero-order valence-corrected chi connectivity index (χ0v) is 15.6. The van der Waals surface area contributed by atoms with E-state index in [2.05, 4.69) is 15.6 Å². The van der Waals surface area contributed by atoms with Gasteiger partial charge in [-0.25, -0.2) is 4.79 Å². The molecule has 0 radical (unpaired) electrons. The van der Waals surface area contributed by atoms with E-state index in [0.29, 0.717) is 25.3 Å². The van der Waals surface area contributed by atoms with Crippen molar-refractivity contribution in [2.45, 2.75) is 64.5 Å². The van der Waals surface area contributed by atoms with E-state index in [1.54, 1.807) is 12.4 Å². The van der Waals surface area contributed by atoms with Crippen molar-refractivity contribution < 1.29 is 14.3 Å². The maximum absolute atomic E-state index is 12.4. The predicted octanol–water partition coefficient (Wildman–Crippen LogP) is 2.82. The highest BCUT2D eigenvalue weighted by Gasteiger charge is 2.42. The zero-order chi connectivity index (χ0) is 18.5. The number of nitrogens with zero attached hydrogens (tertiary/aromatic N) is 1. The van der Waals surface area contributed by atoms with E-state index >= 15 is 0 Å². The summed E-state index contributed by atoms with van der Waals surface area (Å²) in [7, 11) is 0. The first-order chi connectivity index (χ1) is 11.7. The molecule has 2 N–H and O–H groups in total. The number of ether oxygens (including phenoxy) is 1. The monoisotopic (exact) mass is 347 g/mol. The minimum Gasteiger partial charge on any atom is -0.444 e. The number of amides is 2. The highest BCUT2D eigenvalue weighted by Crippen LogP contribution is 2.39. The molecule has 2 amide bonds. The van der Waals surface area contributed by atoms with Gasteiger partial charge in [0.15, 0.2) is 0 Å². The number of carbonyl (C=O) groups is 2. The quantitative estimate of drug-likeness (QED) is 0.795. The van der Waals surface area contributed by atoms with Gasteiger partial charge in [0.05, 0.1) is 5.54 Å². The van der Waals surface area contributed by atoms with E-state index in [9.17, 15) is 9.59 Å². The lowest BCUT2D eigenvalue weighted by molar-refractivity contribution is -0.123. The Kier molecular flexibility index (Phi) is 6.03. The number of alkyl carbamates (subject to hydrolysis) is 1. The minimum atomic E-state index is -0.535. The Labute approximate surface area is 149 Å². The molecule has 0 aliphatic heterocycles. The molecule has 1 atom stereocenters. The second-order valence-electron chi connectivity index (χ2n) is 7.96. The number of hydrogen-bond acceptors (Lipinski definition) is 4. The average molecular weight is 347 g/mol. The summed E-state index contributed by atoms with van der Waals surface area (Å²) in [5.41, 5.74) is 0.0633. The van der Waals surface area contributed by atoms with Gasteiger partial charge < -0.3 is 15.4 Å². The van der Waals surface area contributed by atoms with Crippen LogP contribution in [0.5, 0.6) is 0 Å². The molecule has 1 aliphatic rings. The van der Waals surface area contributed by atoms with Gasteiger partial charge in [-0.05, 0) is 64.5 Å². The van der Waals surface area contributed by atoms with Crippen molar-refractivity contribution in [2.75, 3.05) is 6.54 Å². The third kappa shape index (κ3) is 6.72. The van der Waals surface area contributed by atoms with Crippen LogP contribution < -0.4 is 10.6 Å². The molecule has 0 saturated heterocycles. The summed E-state index contributed by atoms with van der Waals surface area (Å²) in [6, 6.07) is 3.83. The Morgan fingerprint density at radius 1 is 1.28 bits per heavy atom. The molecule has 25 heavy (non-hydrogen) atoms. The number of nitrogens with one attached hydrogen (secondary N) is 2. The van der Waals surface area contributed by atoms with E-state index in [1.807, 2.05) is 39.8 Å². The van der Waals surface area contributed by atoms with Crippen LogP contribution in [-0.4, -0.2) is 34.7 Å². The van der Waals surface area contributed by atoms with E-state index in [1.165, 1.54) is 0 Å². The van der Waals surface area contributed by atoms with Gasteiger partial charge in [0, 0.05) is 25.4 Å². The van der Waals surface area contributed by atoms with Crippen molar-refractivity contribution in [1.29, 1.82) is 0 Å². The topological polar surface area (TPSA) is 80.3 Å². The number of pyridine rings is 1. The summed E-state index contributed by atoms with van der Waals surface area (Å²) < 4.78 is 5.27. The van der Waals surface area contributed by atoms with E-state index in [0.717, 1.165) is 18.4 Å². The van der Waals surface area contributed by atoms with Gasteiger partial charge in [0.25, 0.3) is 0 Å². The van der Waals surface area contributed by atoms with Gasteiger partial charge in [-0.1, -0.05) is 6.07 Å². The Bertz CT molecular complexity index is 594. The second-order valence-corrected chi connectivity index (χ2v) is 7.96. The first kappa shape index (κ1) is 19.2. The van der Waals surface area contributed by atoms with Crippen LogP contribution in [0, 0.1) is 5.92 Å². The standard InChI is InChI=1S/C19H29N3O3/c1-18(2,3)25-17(24)21-13-19(4,15-8-9-15)22-16(23)10-7-14-6-5-11-20-12-14/h5-6,11-12,15H,7-10,13H2,1-4H3,(H,21,24)(H,22,23)/t19-/m0/s1. The Morgan fingerprint density at radius 2 is 2.00 bits per heavy atom. The first-order valence-corrected chi connectivity index (χ1v) is 8.85. The molecule has 1 saturated carbocycles. The largest absolute Gasteiger partial charge is 0.444 e. The fraction of sp³-hybridized carbons (Fsp3) is 0.632. The molecule has 0 aromatic carbocycles. The molecule has 138 valence electrons. The molecule has 1 aliphatic carbocycles. The predicted molar refractivity (Wildman–Crippen MR) is 96.1 cm³/mol. The molecule has 1 aromatic rings. The minimum absolute atomic E-state index is 0.00996. The fourth-order valence-electron chi connectivity index (χ4n) is 2.77. The van der Waals surface area contributed by atoms with Crippen LogP contribution in [0.15, 0.2) is 24.5 Å². The number of rotatable bonds is 7. The summed E-state index contributed by atoms with van der Waals surface area (Å²) in [5.74, 6) is 0.383. The molecular formula is C19H29N3O3. The molecule has 6 heteroatoms. The van der Waals surface area contributed by atoms with Crippen molar-refractivity contribution in [3.8, 4) is 0 Å². The number of aryl methyl sites for hydroxylation is 1. The fourth-order valence-corrected chi connectivity index (χ4v) is 2.77. The molecule has 0 spiro atoms. The van der Waals surface area contributed by atoms with Crippen LogP contribution in [0.3, 0.4) is 0 Å². The van der Waals surface area contributed by atoms with Crippen molar-refractivity contribution in [3.05, 3.63) is 30.1 Å². The molecule has 2 rings (SSSR count). The van der Waals surface area contributed by atoms with Crippen molar-refractivity contribution in [2.24, 2.45) is 5.92 Å². The highest BCUT2D eigenvalue weighted by atomic mass is 16.6. The molecule has 1 fully saturated rings. The number of hydrogen-bond donors (Lipinski definition) is 2. The van der Waals surface area contributed by atoms with Gasteiger partial charge in [0.2, 0.25) is 5.91 Å². The lowest BCUT2D eigenvalue weighted by atomic mass is 9.95. The van der Waals surface area contributed by atoms with E-state index < -0.39 is 17.2 Å². The Hall–Kier alpha value is -2.11.